The fourth-order valence-electron chi connectivity index (χ4n) is 4.52. The minimum Gasteiger partial charge on any atom is -0.377 e. The Kier molecular flexibility index (Phi) is 10.9. The Morgan fingerprint density at radius 2 is 1.81 bits per heavy atom. The topological polar surface area (TPSA) is 48.9 Å². The molecule has 0 aromatic carbocycles. The van der Waals surface area contributed by atoms with Crippen LogP contribution >= 0.6 is 24.0 Å². The van der Waals surface area contributed by atoms with Gasteiger partial charge >= 0.3 is 0 Å². The number of likely N-dealkylation sites (tertiary alicyclic amines) is 1. The van der Waals surface area contributed by atoms with E-state index in [-0.39, 0.29) is 29.4 Å². The van der Waals surface area contributed by atoms with E-state index in [2.05, 4.69) is 55.1 Å². The molecule has 0 spiro atoms. The summed E-state index contributed by atoms with van der Waals surface area (Å²) in [6, 6.07) is 0.580. The van der Waals surface area contributed by atoms with Crippen LogP contribution in [0.5, 0.6) is 0 Å². The van der Waals surface area contributed by atoms with Gasteiger partial charge in [-0.25, -0.2) is 0 Å². The molecule has 160 valence electrons. The second-order valence-electron chi connectivity index (χ2n) is 9.45. The van der Waals surface area contributed by atoms with Crippen molar-refractivity contribution in [1.29, 1.82) is 0 Å². The maximum Gasteiger partial charge on any atom is 0.191 e. The number of aliphatic imine (C=N–C) groups is 1. The Balaban J connectivity index is 0.00000364. The van der Waals surface area contributed by atoms with E-state index in [9.17, 15) is 0 Å². The smallest absolute Gasteiger partial charge is 0.191 e. The largest absolute Gasteiger partial charge is 0.377 e. The summed E-state index contributed by atoms with van der Waals surface area (Å²) in [6.45, 7) is 16.8. The van der Waals surface area contributed by atoms with Crippen LogP contribution in [-0.2, 0) is 4.74 Å². The van der Waals surface area contributed by atoms with Gasteiger partial charge in [-0.15, -0.1) is 24.0 Å². The van der Waals surface area contributed by atoms with Crippen LogP contribution in [0.4, 0.5) is 0 Å². The molecule has 27 heavy (non-hydrogen) atoms. The lowest BCUT2D eigenvalue weighted by Crippen LogP contribution is -2.51. The van der Waals surface area contributed by atoms with Gasteiger partial charge in [0.15, 0.2) is 5.96 Å². The third-order valence-corrected chi connectivity index (χ3v) is 5.91. The molecule has 2 fully saturated rings. The Morgan fingerprint density at radius 3 is 2.37 bits per heavy atom. The van der Waals surface area contributed by atoms with Crippen molar-refractivity contribution in [3.05, 3.63) is 0 Å². The van der Waals surface area contributed by atoms with Gasteiger partial charge in [-0.1, -0.05) is 34.6 Å². The van der Waals surface area contributed by atoms with Gasteiger partial charge in [-0.05, 0) is 50.1 Å². The van der Waals surface area contributed by atoms with Gasteiger partial charge in [0.05, 0.1) is 6.10 Å². The van der Waals surface area contributed by atoms with Crippen LogP contribution in [0.15, 0.2) is 4.99 Å². The molecule has 0 aliphatic carbocycles. The fraction of sp³-hybridized carbons (Fsp3) is 0.952. The van der Waals surface area contributed by atoms with Crippen LogP contribution < -0.4 is 10.6 Å². The summed E-state index contributed by atoms with van der Waals surface area (Å²) in [5, 5.41) is 7.14. The minimum atomic E-state index is 0. The molecule has 0 radical (unpaired) electrons. The first-order valence-corrected chi connectivity index (χ1v) is 10.6. The van der Waals surface area contributed by atoms with E-state index >= 15 is 0 Å². The molecule has 0 aromatic rings. The molecule has 2 aliphatic rings. The maximum absolute atomic E-state index is 6.11. The third-order valence-electron chi connectivity index (χ3n) is 5.91. The number of ether oxygens (including phenoxy) is 1. The number of guanidine groups is 1. The SMILES string of the molecule is CN=C(NCC1CCCOC1C(C)(C)C)NCC(C(C)C)N1CCCC1.I. The van der Waals surface area contributed by atoms with Crippen molar-refractivity contribution in [3.8, 4) is 0 Å². The van der Waals surface area contributed by atoms with Crippen molar-refractivity contribution in [2.75, 3.05) is 39.8 Å². The highest BCUT2D eigenvalue weighted by Crippen LogP contribution is 2.33. The highest BCUT2D eigenvalue weighted by molar-refractivity contribution is 14.0. The summed E-state index contributed by atoms with van der Waals surface area (Å²) < 4.78 is 6.11. The number of rotatable bonds is 6. The molecule has 0 aromatic heterocycles. The normalized spacial score (nSPS) is 26.0. The third kappa shape index (κ3) is 7.69. The molecule has 2 heterocycles. The molecule has 3 atom stereocenters. The van der Waals surface area contributed by atoms with E-state index in [4.69, 9.17) is 4.74 Å². The zero-order valence-electron chi connectivity index (χ0n) is 18.4. The molecule has 0 saturated carbocycles. The quantitative estimate of drug-likeness (QED) is 0.336. The van der Waals surface area contributed by atoms with Crippen LogP contribution in [0.3, 0.4) is 0 Å². The maximum atomic E-state index is 6.11. The van der Waals surface area contributed by atoms with Crippen molar-refractivity contribution >= 4 is 29.9 Å². The Bertz CT molecular complexity index is 444. The minimum absolute atomic E-state index is 0. The van der Waals surface area contributed by atoms with Gasteiger partial charge in [-0.2, -0.15) is 0 Å². The summed E-state index contributed by atoms with van der Waals surface area (Å²) in [6.07, 6.45) is 5.39. The monoisotopic (exact) mass is 494 g/mol. The Hall–Kier alpha value is -0.0800. The summed E-state index contributed by atoms with van der Waals surface area (Å²) in [5.41, 5.74) is 0.183. The first-order chi connectivity index (χ1) is 12.3. The molecule has 2 aliphatic heterocycles. The van der Waals surface area contributed by atoms with Gasteiger partial charge in [0.25, 0.3) is 0 Å². The molecule has 2 rings (SSSR count). The van der Waals surface area contributed by atoms with Crippen molar-refractivity contribution in [1.82, 2.24) is 15.5 Å². The lowest BCUT2D eigenvalue weighted by Gasteiger charge is -2.40. The summed E-state index contributed by atoms with van der Waals surface area (Å²) in [5.74, 6) is 2.12. The standard InChI is InChI=1S/C21H42N4O.HI/c1-16(2)18(25-11-7-8-12-25)15-24-20(22-6)23-14-17-10-9-13-26-19(17)21(3,4)5;/h16-19H,7-15H2,1-6H3,(H2,22,23,24);1H. The molecule has 6 heteroatoms. The predicted octanol–water partition coefficient (Wildman–Crippen LogP) is 3.73. The van der Waals surface area contributed by atoms with Crippen molar-refractivity contribution < 1.29 is 4.74 Å². The molecule has 2 saturated heterocycles. The number of nitrogens with zero attached hydrogens (tertiary/aromatic N) is 2. The van der Waals surface area contributed by atoms with Crippen molar-refractivity contribution in [2.45, 2.75) is 72.4 Å². The van der Waals surface area contributed by atoms with Crippen LogP contribution in [0.1, 0.15) is 60.3 Å². The molecule has 5 nitrogen and oxygen atoms in total. The van der Waals surface area contributed by atoms with E-state index in [1.54, 1.807) is 0 Å². The number of hydrogen-bond acceptors (Lipinski definition) is 3. The number of halogens is 1. The highest BCUT2D eigenvalue weighted by atomic mass is 127. The Labute approximate surface area is 184 Å². The molecule has 2 N–H and O–H groups in total. The van der Waals surface area contributed by atoms with Gasteiger partial charge in [-0.3, -0.25) is 9.89 Å². The fourth-order valence-corrected chi connectivity index (χ4v) is 4.52. The lowest BCUT2D eigenvalue weighted by atomic mass is 9.78. The molecular formula is C21H43IN4O. The molecule has 3 unspecified atom stereocenters. The molecule has 0 bridgehead atoms. The molecular weight excluding hydrogens is 451 g/mol. The first kappa shape index (κ1) is 25.0. The van der Waals surface area contributed by atoms with E-state index in [1.807, 2.05) is 7.05 Å². The summed E-state index contributed by atoms with van der Waals surface area (Å²) in [7, 11) is 1.87. The summed E-state index contributed by atoms with van der Waals surface area (Å²) >= 11 is 0. The van der Waals surface area contributed by atoms with Gasteiger partial charge < -0.3 is 15.4 Å². The van der Waals surface area contributed by atoms with E-state index in [0.717, 1.165) is 32.1 Å². The average Bonchev–Trinajstić information content (AvgIpc) is 3.11. The van der Waals surface area contributed by atoms with Gasteiger partial charge in [0.2, 0.25) is 0 Å². The number of nitrogens with one attached hydrogen (secondary N) is 2. The van der Waals surface area contributed by atoms with E-state index in [0.29, 0.717) is 24.0 Å². The molecule has 0 amide bonds. The van der Waals surface area contributed by atoms with Gasteiger partial charge in [0, 0.05) is 38.7 Å². The van der Waals surface area contributed by atoms with Crippen LogP contribution in [0, 0.1) is 17.3 Å². The highest BCUT2D eigenvalue weighted by Gasteiger charge is 2.35. The zero-order chi connectivity index (χ0) is 19.2. The summed E-state index contributed by atoms with van der Waals surface area (Å²) in [4.78, 5) is 7.09. The van der Waals surface area contributed by atoms with Crippen molar-refractivity contribution in [2.24, 2.45) is 22.2 Å². The Morgan fingerprint density at radius 1 is 1.15 bits per heavy atom. The van der Waals surface area contributed by atoms with E-state index in [1.165, 1.54) is 32.4 Å². The van der Waals surface area contributed by atoms with Gasteiger partial charge in [0.1, 0.15) is 0 Å². The second-order valence-corrected chi connectivity index (χ2v) is 9.45. The second kappa shape index (κ2) is 11.8. The zero-order valence-corrected chi connectivity index (χ0v) is 20.7. The van der Waals surface area contributed by atoms with Crippen LogP contribution in [-0.4, -0.2) is 62.8 Å². The number of hydrogen-bond donors (Lipinski definition) is 2. The van der Waals surface area contributed by atoms with Crippen LogP contribution in [0.2, 0.25) is 0 Å². The predicted molar refractivity (Wildman–Crippen MR) is 126 cm³/mol. The van der Waals surface area contributed by atoms with E-state index < -0.39 is 0 Å². The van der Waals surface area contributed by atoms with Crippen LogP contribution in [0.25, 0.3) is 0 Å². The lowest BCUT2D eigenvalue weighted by molar-refractivity contribution is -0.0835. The first-order valence-electron chi connectivity index (χ1n) is 10.6. The van der Waals surface area contributed by atoms with Crippen molar-refractivity contribution in [3.63, 3.8) is 0 Å². The average molecular weight is 495 g/mol.